The van der Waals surface area contributed by atoms with Crippen LogP contribution in [0.2, 0.25) is 0 Å². The van der Waals surface area contributed by atoms with E-state index in [2.05, 4.69) is 4.74 Å². The van der Waals surface area contributed by atoms with Crippen LogP contribution in [0.3, 0.4) is 0 Å². The average molecular weight is 139 g/mol. The highest BCUT2D eigenvalue weighted by molar-refractivity contribution is 5.83. The summed E-state index contributed by atoms with van der Waals surface area (Å²) in [6.45, 7) is 0. The van der Waals surface area contributed by atoms with Gasteiger partial charge in [0.05, 0.1) is 0 Å². The van der Waals surface area contributed by atoms with Crippen LogP contribution in [0.5, 0.6) is 0 Å². The van der Waals surface area contributed by atoms with Crippen molar-refractivity contribution >= 4 is 5.78 Å². The first-order valence-electron chi connectivity index (χ1n) is 3.42. The Morgan fingerprint density at radius 3 is 3.00 bits per heavy atom. The van der Waals surface area contributed by atoms with Crippen molar-refractivity contribution in [3.63, 3.8) is 0 Å². The summed E-state index contributed by atoms with van der Waals surface area (Å²) in [4.78, 5) is 10.9. The lowest BCUT2D eigenvalue weighted by molar-refractivity contribution is -0.129. The lowest BCUT2D eigenvalue weighted by Crippen LogP contribution is -2.25. The molecular formula is C7H9NO2. The number of rotatable bonds is 1. The summed E-state index contributed by atoms with van der Waals surface area (Å²) in [6, 6.07) is 0. The molecule has 0 aromatic heterocycles. The van der Waals surface area contributed by atoms with Gasteiger partial charge in [-0.25, -0.2) is 0 Å². The zero-order chi connectivity index (χ0) is 7.40. The topological polar surface area (TPSA) is 50.1 Å². The van der Waals surface area contributed by atoms with Crippen LogP contribution in [0.15, 0.2) is 0 Å². The molecule has 0 aromatic carbocycles. The fourth-order valence-electron chi connectivity index (χ4n) is 1.14. The molecule has 0 aliphatic heterocycles. The monoisotopic (exact) mass is 139 g/mol. The molecule has 3 nitrogen and oxygen atoms in total. The number of nitriles is 1. The maximum Gasteiger partial charge on any atom is 0.287 e. The Bertz CT molecular complexity index is 171. The molecule has 1 fully saturated rings. The minimum absolute atomic E-state index is 0.0767. The van der Waals surface area contributed by atoms with E-state index in [-0.39, 0.29) is 5.78 Å². The molecule has 0 aromatic rings. The van der Waals surface area contributed by atoms with Crippen LogP contribution in [0.25, 0.3) is 0 Å². The van der Waals surface area contributed by atoms with Gasteiger partial charge >= 0.3 is 0 Å². The molecule has 3 heteroatoms. The highest BCUT2D eigenvalue weighted by Crippen LogP contribution is 2.16. The summed E-state index contributed by atoms with van der Waals surface area (Å²) in [5.41, 5.74) is 0. The smallest absolute Gasteiger partial charge is 0.287 e. The predicted molar refractivity (Wildman–Crippen MR) is 34.0 cm³/mol. The zero-order valence-electron chi connectivity index (χ0n) is 5.67. The summed E-state index contributed by atoms with van der Waals surface area (Å²) >= 11 is 0. The van der Waals surface area contributed by atoms with Crippen molar-refractivity contribution in [1.29, 1.82) is 5.26 Å². The quantitative estimate of drug-likeness (QED) is 0.509. The van der Waals surface area contributed by atoms with Gasteiger partial charge in [-0.15, -0.1) is 0 Å². The third-order valence-corrected chi connectivity index (χ3v) is 1.69. The molecule has 10 heavy (non-hydrogen) atoms. The van der Waals surface area contributed by atoms with E-state index in [0.717, 1.165) is 12.8 Å². The first-order chi connectivity index (χ1) is 4.84. The first kappa shape index (κ1) is 7.07. The summed E-state index contributed by atoms with van der Waals surface area (Å²) in [5, 5.41) is 8.11. The second kappa shape index (κ2) is 3.21. The molecule has 1 atom stereocenters. The van der Waals surface area contributed by atoms with Crippen molar-refractivity contribution < 1.29 is 9.53 Å². The van der Waals surface area contributed by atoms with Crippen molar-refractivity contribution in [1.82, 2.24) is 0 Å². The van der Waals surface area contributed by atoms with Crippen molar-refractivity contribution in [3.05, 3.63) is 0 Å². The highest BCUT2D eigenvalue weighted by Gasteiger charge is 2.22. The minimum atomic E-state index is -0.432. The SMILES string of the molecule is N#COC1CCCCC1=O. The molecule has 0 N–H and O–H groups in total. The Kier molecular flexibility index (Phi) is 2.27. The van der Waals surface area contributed by atoms with E-state index < -0.39 is 6.10 Å². The van der Waals surface area contributed by atoms with Gasteiger partial charge in [-0.05, 0) is 19.3 Å². The molecule has 0 bridgehead atoms. The molecule has 1 rings (SSSR count). The Balaban J connectivity index is 2.42. The van der Waals surface area contributed by atoms with Crippen LogP contribution in [0.4, 0.5) is 0 Å². The second-order valence-electron chi connectivity index (χ2n) is 2.41. The van der Waals surface area contributed by atoms with E-state index in [1.165, 1.54) is 0 Å². The summed E-state index contributed by atoms with van der Waals surface area (Å²) in [7, 11) is 0. The first-order valence-corrected chi connectivity index (χ1v) is 3.42. The lowest BCUT2D eigenvalue weighted by Gasteiger charge is -2.16. The fraction of sp³-hybridized carbons (Fsp3) is 0.714. The summed E-state index contributed by atoms with van der Waals surface area (Å²) in [6.07, 6.45) is 4.35. The number of ketones is 1. The molecule has 0 saturated heterocycles. The number of Topliss-reactive ketones (excluding diaryl/α,β-unsaturated/α-hetero) is 1. The number of nitrogens with zero attached hydrogens (tertiary/aromatic N) is 1. The van der Waals surface area contributed by atoms with Gasteiger partial charge < -0.3 is 4.74 Å². The van der Waals surface area contributed by atoms with Gasteiger partial charge in [-0.2, -0.15) is 5.26 Å². The van der Waals surface area contributed by atoms with Gasteiger partial charge in [0.1, 0.15) is 0 Å². The Hall–Kier alpha value is -1.04. The number of carbonyl (C=O) groups is 1. The molecule has 1 unspecified atom stereocenters. The highest BCUT2D eigenvalue weighted by atomic mass is 16.5. The van der Waals surface area contributed by atoms with Gasteiger partial charge in [-0.1, -0.05) is 0 Å². The van der Waals surface area contributed by atoms with E-state index >= 15 is 0 Å². The Labute approximate surface area is 59.6 Å². The van der Waals surface area contributed by atoms with E-state index in [4.69, 9.17) is 5.26 Å². The molecule has 0 radical (unpaired) electrons. The zero-order valence-corrected chi connectivity index (χ0v) is 5.67. The summed E-state index contributed by atoms with van der Waals surface area (Å²) in [5.74, 6) is 0.0767. The van der Waals surface area contributed by atoms with E-state index in [0.29, 0.717) is 12.8 Å². The molecule has 0 heterocycles. The maximum absolute atomic E-state index is 10.9. The number of carbonyl (C=O) groups excluding carboxylic acids is 1. The maximum atomic E-state index is 10.9. The molecule has 1 aliphatic rings. The molecule has 0 spiro atoms. The van der Waals surface area contributed by atoms with Gasteiger partial charge in [0.25, 0.3) is 6.26 Å². The lowest BCUT2D eigenvalue weighted by atomic mass is 9.96. The number of hydrogen-bond acceptors (Lipinski definition) is 3. The Morgan fingerprint density at radius 2 is 2.40 bits per heavy atom. The van der Waals surface area contributed by atoms with Crippen molar-refractivity contribution in [2.24, 2.45) is 0 Å². The van der Waals surface area contributed by atoms with Crippen molar-refractivity contribution in [2.45, 2.75) is 31.8 Å². The van der Waals surface area contributed by atoms with Gasteiger partial charge in [-0.3, -0.25) is 4.79 Å². The number of hydrogen-bond donors (Lipinski definition) is 0. The van der Waals surface area contributed by atoms with E-state index in [1.54, 1.807) is 6.26 Å². The molecular weight excluding hydrogens is 130 g/mol. The average Bonchev–Trinajstić information content (AvgIpc) is 1.94. The van der Waals surface area contributed by atoms with Crippen LogP contribution in [0, 0.1) is 11.5 Å². The third kappa shape index (κ3) is 1.47. The molecule has 54 valence electrons. The van der Waals surface area contributed by atoms with Crippen molar-refractivity contribution in [2.75, 3.05) is 0 Å². The van der Waals surface area contributed by atoms with Crippen LogP contribution in [0.1, 0.15) is 25.7 Å². The van der Waals surface area contributed by atoms with Gasteiger partial charge in [0, 0.05) is 6.42 Å². The second-order valence-corrected chi connectivity index (χ2v) is 2.41. The number of ether oxygens (including phenoxy) is 1. The van der Waals surface area contributed by atoms with E-state index in [1.807, 2.05) is 0 Å². The largest absolute Gasteiger partial charge is 0.416 e. The molecule has 0 amide bonds. The fourth-order valence-corrected chi connectivity index (χ4v) is 1.14. The van der Waals surface area contributed by atoms with Crippen LogP contribution in [-0.4, -0.2) is 11.9 Å². The standard InChI is InChI=1S/C7H9NO2/c8-5-10-7-4-2-1-3-6(7)9/h7H,1-4H2. The van der Waals surface area contributed by atoms with Gasteiger partial charge in [0.2, 0.25) is 0 Å². The normalized spacial score (nSPS) is 25.5. The molecule has 1 aliphatic carbocycles. The van der Waals surface area contributed by atoms with Gasteiger partial charge in [0.15, 0.2) is 11.9 Å². The summed E-state index contributed by atoms with van der Waals surface area (Å²) < 4.78 is 4.55. The van der Waals surface area contributed by atoms with E-state index in [9.17, 15) is 4.79 Å². The van der Waals surface area contributed by atoms with Crippen LogP contribution in [-0.2, 0) is 9.53 Å². The minimum Gasteiger partial charge on any atom is -0.416 e. The van der Waals surface area contributed by atoms with Crippen LogP contribution >= 0.6 is 0 Å². The van der Waals surface area contributed by atoms with Crippen LogP contribution < -0.4 is 0 Å². The predicted octanol–water partition coefficient (Wildman–Crippen LogP) is 0.996. The van der Waals surface area contributed by atoms with Crippen molar-refractivity contribution in [3.8, 4) is 6.26 Å². The molecule has 1 saturated carbocycles. The third-order valence-electron chi connectivity index (χ3n) is 1.69. The Morgan fingerprint density at radius 1 is 1.60 bits per heavy atom.